The molecule has 0 aliphatic heterocycles. The zero-order valence-electron chi connectivity index (χ0n) is 13.8. The van der Waals surface area contributed by atoms with Gasteiger partial charge in [0.05, 0.1) is 6.10 Å². The minimum Gasteiger partial charge on any atom is -0.382 e. The lowest BCUT2D eigenvalue weighted by atomic mass is 9.91. The fraction of sp³-hybridized carbons (Fsp3) is 0.667. The molecule has 0 bridgehead atoms. The van der Waals surface area contributed by atoms with Crippen molar-refractivity contribution in [1.82, 2.24) is 5.32 Å². The maximum atomic E-state index is 5.45. The normalized spacial score (nSPS) is 14.5. The van der Waals surface area contributed by atoms with E-state index in [0.29, 0.717) is 17.9 Å². The second-order valence-corrected chi connectivity index (χ2v) is 6.33. The van der Waals surface area contributed by atoms with Gasteiger partial charge in [0.15, 0.2) is 0 Å². The van der Waals surface area contributed by atoms with Crippen LogP contribution in [0.2, 0.25) is 0 Å². The summed E-state index contributed by atoms with van der Waals surface area (Å²) in [4.78, 5) is 0. The van der Waals surface area contributed by atoms with Gasteiger partial charge in [-0.05, 0) is 62.7 Å². The van der Waals surface area contributed by atoms with Crippen molar-refractivity contribution < 1.29 is 4.74 Å². The summed E-state index contributed by atoms with van der Waals surface area (Å²) in [5.74, 6) is 1.33. The van der Waals surface area contributed by atoms with Crippen LogP contribution in [0.25, 0.3) is 0 Å². The Bertz CT molecular complexity index is 375. The second-order valence-electron chi connectivity index (χ2n) is 6.33. The summed E-state index contributed by atoms with van der Waals surface area (Å²) in [5.41, 5.74) is 2.86. The third kappa shape index (κ3) is 6.53. The van der Waals surface area contributed by atoms with E-state index in [9.17, 15) is 0 Å². The van der Waals surface area contributed by atoms with Gasteiger partial charge in [-0.3, -0.25) is 0 Å². The SMILES string of the molecule is COC(C)CC(CNCC(C)C)Cc1ccccc1C. The average molecular weight is 277 g/mol. The van der Waals surface area contributed by atoms with Gasteiger partial charge in [0.1, 0.15) is 0 Å². The number of aryl methyl sites for hydroxylation is 1. The molecule has 20 heavy (non-hydrogen) atoms. The quantitative estimate of drug-likeness (QED) is 0.741. The zero-order chi connectivity index (χ0) is 15.0. The van der Waals surface area contributed by atoms with Crippen molar-refractivity contribution in [3.05, 3.63) is 35.4 Å². The van der Waals surface area contributed by atoms with Crippen LogP contribution in [0.3, 0.4) is 0 Å². The smallest absolute Gasteiger partial charge is 0.0546 e. The first-order chi connectivity index (χ1) is 9.52. The van der Waals surface area contributed by atoms with E-state index < -0.39 is 0 Å². The van der Waals surface area contributed by atoms with E-state index in [4.69, 9.17) is 4.74 Å². The first-order valence-electron chi connectivity index (χ1n) is 7.81. The molecule has 0 aromatic heterocycles. The van der Waals surface area contributed by atoms with Gasteiger partial charge in [0.25, 0.3) is 0 Å². The molecule has 2 atom stereocenters. The Labute approximate surface area is 124 Å². The highest BCUT2D eigenvalue weighted by atomic mass is 16.5. The molecule has 0 aliphatic rings. The van der Waals surface area contributed by atoms with Crippen LogP contribution in [0.1, 0.15) is 38.3 Å². The minimum atomic E-state index is 0.324. The number of benzene rings is 1. The molecule has 1 rings (SSSR count). The molecular weight excluding hydrogens is 246 g/mol. The molecule has 1 aromatic carbocycles. The average Bonchev–Trinajstić information content (AvgIpc) is 2.40. The highest BCUT2D eigenvalue weighted by Crippen LogP contribution is 2.18. The van der Waals surface area contributed by atoms with Crippen molar-refractivity contribution in [2.45, 2.75) is 46.6 Å². The third-order valence-electron chi connectivity index (χ3n) is 3.82. The lowest BCUT2D eigenvalue weighted by Crippen LogP contribution is -2.30. The Hall–Kier alpha value is -0.860. The van der Waals surface area contributed by atoms with E-state index >= 15 is 0 Å². The van der Waals surface area contributed by atoms with E-state index in [2.05, 4.69) is 57.3 Å². The van der Waals surface area contributed by atoms with Crippen LogP contribution in [-0.2, 0) is 11.2 Å². The van der Waals surface area contributed by atoms with Gasteiger partial charge < -0.3 is 10.1 Å². The van der Waals surface area contributed by atoms with Crippen LogP contribution in [0.4, 0.5) is 0 Å². The molecule has 0 saturated heterocycles. The van der Waals surface area contributed by atoms with Gasteiger partial charge in [-0.15, -0.1) is 0 Å². The van der Waals surface area contributed by atoms with Crippen molar-refractivity contribution >= 4 is 0 Å². The molecule has 1 aromatic rings. The summed E-state index contributed by atoms with van der Waals surface area (Å²) < 4.78 is 5.45. The maximum Gasteiger partial charge on any atom is 0.0546 e. The van der Waals surface area contributed by atoms with E-state index in [1.165, 1.54) is 11.1 Å². The molecule has 1 N–H and O–H groups in total. The maximum absolute atomic E-state index is 5.45. The minimum absolute atomic E-state index is 0.324. The standard InChI is InChI=1S/C18H31NO/c1-14(2)12-19-13-17(10-16(4)20-5)11-18-9-7-6-8-15(18)3/h6-9,14,16-17,19H,10-13H2,1-5H3. The van der Waals surface area contributed by atoms with Crippen molar-refractivity contribution in [3.63, 3.8) is 0 Å². The lowest BCUT2D eigenvalue weighted by Gasteiger charge is -2.22. The number of hydrogen-bond donors (Lipinski definition) is 1. The molecule has 2 unspecified atom stereocenters. The van der Waals surface area contributed by atoms with Crippen molar-refractivity contribution in [1.29, 1.82) is 0 Å². The highest BCUT2D eigenvalue weighted by Gasteiger charge is 2.14. The summed E-state index contributed by atoms with van der Waals surface area (Å²) in [6.07, 6.45) is 2.56. The molecule has 0 spiro atoms. The number of rotatable bonds is 9. The van der Waals surface area contributed by atoms with Gasteiger partial charge in [-0.2, -0.15) is 0 Å². The largest absolute Gasteiger partial charge is 0.382 e. The first-order valence-corrected chi connectivity index (χ1v) is 7.81. The van der Waals surface area contributed by atoms with Crippen LogP contribution in [0.5, 0.6) is 0 Å². The van der Waals surface area contributed by atoms with Crippen LogP contribution in [-0.4, -0.2) is 26.3 Å². The summed E-state index contributed by atoms with van der Waals surface area (Å²) in [6, 6.07) is 8.71. The van der Waals surface area contributed by atoms with Gasteiger partial charge in [0.2, 0.25) is 0 Å². The fourth-order valence-electron chi connectivity index (χ4n) is 2.53. The fourth-order valence-corrected chi connectivity index (χ4v) is 2.53. The second kappa shape index (κ2) is 9.15. The Morgan fingerprint density at radius 2 is 1.80 bits per heavy atom. The Balaban J connectivity index is 2.59. The third-order valence-corrected chi connectivity index (χ3v) is 3.82. The van der Waals surface area contributed by atoms with Gasteiger partial charge in [0, 0.05) is 7.11 Å². The molecular formula is C18H31NO. The molecule has 2 heteroatoms. The molecule has 0 saturated carbocycles. The van der Waals surface area contributed by atoms with Crippen molar-refractivity contribution in [2.24, 2.45) is 11.8 Å². The number of ether oxygens (including phenoxy) is 1. The van der Waals surface area contributed by atoms with Crippen molar-refractivity contribution in [3.8, 4) is 0 Å². The monoisotopic (exact) mass is 277 g/mol. The van der Waals surface area contributed by atoms with E-state index in [1.54, 1.807) is 7.11 Å². The number of methoxy groups -OCH3 is 1. The van der Waals surface area contributed by atoms with E-state index in [1.807, 2.05) is 0 Å². The Morgan fingerprint density at radius 1 is 1.10 bits per heavy atom. The van der Waals surface area contributed by atoms with Gasteiger partial charge in [-0.25, -0.2) is 0 Å². The first kappa shape index (κ1) is 17.2. The highest BCUT2D eigenvalue weighted by molar-refractivity contribution is 5.26. The molecule has 114 valence electrons. The van der Waals surface area contributed by atoms with Crippen LogP contribution < -0.4 is 5.32 Å². The van der Waals surface area contributed by atoms with Gasteiger partial charge in [-0.1, -0.05) is 38.1 Å². The van der Waals surface area contributed by atoms with Crippen LogP contribution in [0.15, 0.2) is 24.3 Å². The Kier molecular flexibility index (Phi) is 7.86. The molecule has 2 nitrogen and oxygen atoms in total. The van der Waals surface area contributed by atoms with Crippen molar-refractivity contribution in [2.75, 3.05) is 20.2 Å². The molecule has 0 fully saturated rings. The predicted octanol–water partition coefficient (Wildman–Crippen LogP) is 3.82. The zero-order valence-corrected chi connectivity index (χ0v) is 13.8. The van der Waals surface area contributed by atoms with Crippen LogP contribution >= 0.6 is 0 Å². The molecule has 0 heterocycles. The predicted molar refractivity (Wildman–Crippen MR) is 87.2 cm³/mol. The summed E-state index contributed by atoms with van der Waals surface area (Å²) in [7, 11) is 1.80. The van der Waals surface area contributed by atoms with E-state index in [0.717, 1.165) is 25.9 Å². The van der Waals surface area contributed by atoms with Crippen LogP contribution in [0, 0.1) is 18.8 Å². The summed E-state index contributed by atoms with van der Waals surface area (Å²) in [5, 5.41) is 3.60. The lowest BCUT2D eigenvalue weighted by molar-refractivity contribution is 0.0944. The number of nitrogens with one attached hydrogen (secondary N) is 1. The molecule has 0 radical (unpaired) electrons. The van der Waals surface area contributed by atoms with Gasteiger partial charge >= 0.3 is 0 Å². The summed E-state index contributed by atoms with van der Waals surface area (Å²) in [6.45, 7) is 11.0. The Morgan fingerprint density at radius 3 is 2.40 bits per heavy atom. The number of hydrogen-bond acceptors (Lipinski definition) is 2. The molecule has 0 amide bonds. The molecule has 0 aliphatic carbocycles. The van der Waals surface area contributed by atoms with E-state index in [-0.39, 0.29) is 0 Å². The summed E-state index contributed by atoms with van der Waals surface area (Å²) >= 11 is 0. The topological polar surface area (TPSA) is 21.3 Å².